The van der Waals surface area contributed by atoms with Crippen molar-refractivity contribution in [3.63, 3.8) is 0 Å². The summed E-state index contributed by atoms with van der Waals surface area (Å²) in [6, 6.07) is 9.06. The Morgan fingerprint density at radius 3 is 2.65 bits per heavy atom. The fourth-order valence-electron chi connectivity index (χ4n) is 6.27. The maximum absolute atomic E-state index is 12.5. The summed E-state index contributed by atoms with van der Waals surface area (Å²) < 4.78 is 2.22. The first kappa shape index (κ1) is 26.7. The minimum atomic E-state index is -0.0972. The highest BCUT2D eigenvalue weighted by molar-refractivity contribution is 5.91. The van der Waals surface area contributed by atoms with E-state index in [0.29, 0.717) is 19.0 Å². The van der Waals surface area contributed by atoms with E-state index in [1.807, 2.05) is 13.0 Å². The molecular weight excluding hydrogens is 500 g/mol. The van der Waals surface area contributed by atoms with Crippen LogP contribution in [0.25, 0.3) is 28.3 Å². The van der Waals surface area contributed by atoms with Crippen LogP contribution in [0.4, 0.5) is 0 Å². The van der Waals surface area contributed by atoms with Crippen molar-refractivity contribution in [1.29, 1.82) is 0 Å². The first-order valence-corrected chi connectivity index (χ1v) is 14.7. The smallest absolute Gasteiger partial charge is 0.245 e. The van der Waals surface area contributed by atoms with Crippen LogP contribution < -0.4 is 5.32 Å². The second kappa shape index (κ2) is 11.5. The minimum absolute atomic E-state index is 0.0972. The number of aromatic amines is 1. The van der Waals surface area contributed by atoms with E-state index in [1.165, 1.54) is 38.8 Å². The van der Waals surface area contributed by atoms with E-state index in [1.54, 1.807) is 12.2 Å². The van der Waals surface area contributed by atoms with Gasteiger partial charge in [0.2, 0.25) is 5.91 Å². The number of nitrogens with zero attached hydrogens (tertiary/aromatic N) is 6. The first-order chi connectivity index (χ1) is 19.5. The molecule has 2 saturated heterocycles. The number of imidazole rings is 2. The van der Waals surface area contributed by atoms with Crippen LogP contribution in [0.1, 0.15) is 61.1 Å². The average molecular weight is 541 g/mol. The molecule has 9 nitrogen and oxygen atoms in total. The number of amides is 1. The molecule has 0 spiro atoms. The van der Waals surface area contributed by atoms with Crippen molar-refractivity contribution in [3.05, 3.63) is 58.8 Å². The van der Waals surface area contributed by atoms with Crippen molar-refractivity contribution >= 4 is 34.2 Å². The Bertz CT molecular complexity index is 1540. The molecular formula is C31H40N8O. The summed E-state index contributed by atoms with van der Waals surface area (Å²) in [5.74, 6) is 1.61. The second-order valence-electron chi connectivity index (χ2n) is 11.3. The van der Waals surface area contributed by atoms with Gasteiger partial charge in [-0.05, 0) is 88.0 Å². The van der Waals surface area contributed by atoms with Crippen molar-refractivity contribution < 1.29 is 4.79 Å². The summed E-state index contributed by atoms with van der Waals surface area (Å²) >= 11 is 0. The SMILES string of the molecule is CCc1nc2c(C)cc(C)nc2n1Cc1ccc2nc(/C=C/C(=O)NCN3CCC(N4CCCC4)CC3)[nH]c2c1. The van der Waals surface area contributed by atoms with Gasteiger partial charge in [0.25, 0.3) is 0 Å². The molecule has 6 rings (SSSR count). The molecule has 2 N–H and O–H groups in total. The Balaban J connectivity index is 1.07. The van der Waals surface area contributed by atoms with E-state index in [2.05, 4.69) is 61.7 Å². The van der Waals surface area contributed by atoms with Crippen LogP contribution in [0.5, 0.6) is 0 Å². The molecule has 2 aliphatic rings. The molecule has 210 valence electrons. The Morgan fingerprint density at radius 2 is 1.88 bits per heavy atom. The van der Waals surface area contributed by atoms with Gasteiger partial charge in [-0.3, -0.25) is 9.69 Å². The number of likely N-dealkylation sites (tertiary alicyclic amines) is 2. The van der Waals surface area contributed by atoms with E-state index in [0.717, 1.165) is 70.4 Å². The maximum atomic E-state index is 12.5. The molecule has 5 heterocycles. The van der Waals surface area contributed by atoms with Crippen LogP contribution in [0, 0.1) is 13.8 Å². The molecule has 1 amide bonds. The third-order valence-electron chi connectivity index (χ3n) is 8.41. The largest absolute Gasteiger partial charge is 0.340 e. The van der Waals surface area contributed by atoms with Gasteiger partial charge < -0.3 is 19.8 Å². The summed E-state index contributed by atoms with van der Waals surface area (Å²) in [5, 5.41) is 3.04. The van der Waals surface area contributed by atoms with Gasteiger partial charge in [-0.25, -0.2) is 15.0 Å². The van der Waals surface area contributed by atoms with Gasteiger partial charge in [-0.2, -0.15) is 0 Å². The number of carbonyl (C=O) groups excluding carboxylic acids is 1. The number of hydrogen-bond acceptors (Lipinski definition) is 6. The number of pyridine rings is 1. The second-order valence-corrected chi connectivity index (χ2v) is 11.3. The van der Waals surface area contributed by atoms with Gasteiger partial charge in [0, 0.05) is 37.3 Å². The predicted octanol–water partition coefficient (Wildman–Crippen LogP) is 4.18. The average Bonchev–Trinajstić information content (AvgIpc) is 3.70. The third-order valence-corrected chi connectivity index (χ3v) is 8.41. The van der Waals surface area contributed by atoms with Crippen LogP contribution >= 0.6 is 0 Å². The highest BCUT2D eigenvalue weighted by Gasteiger charge is 2.26. The molecule has 0 radical (unpaired) electrons. The molecule has 9 heteroatoms. The Morgan fingerprint density at radius 1 is 1.07 bits per heavy atom. The number of fused-ring (bicyclic) bond motifs is 2. The third kappa shape index (κ3) is 5.67. The van der Waals surface area contributed by atoms with Crippen LogP contribution in [0.2, 0.25) is 0 Å². The van der Waals surface area contributed by atoms with E-state index in [-0.39, 0.29) is 5.91 Å². The highest BCUT2D eigenvalue weighted by Crippen LogP contribution is 2.23. The van der Waals surface area contributed by atoms with Crippen molar-refractivity contribution in [3.8, 4) is 0 Å². The van der Waals surface area contributed by atoms with Gasteiger partial charge in [0.05, 0.1) is 24.2 Å². The molecule has 1 aromatic carbocycles. The molecule has 3 aromatic heterocycles. The number of benzene rings is 1. The fraction of sp³-hybridized carbons (Fsp3) is 0.484. The summed E-state index contributed by atoms with van der Waals surface area (Å²) in [6.07, 6.45) is 9.23. The molecule has 0 unspecified atom stereocenters. The monoisotopic (exact) mass is 540 g/mol. The molecule has 0 atom stereocenters. The van der Waals surface area contributed by atoms with Crippen LogP contribution in [-0.2, 0) is 17.8 Å². The lowest BCUT2D eigenvalue weighted by Gasteiger charge is -2.36. The van der Waals surface area contributed by atoms with Crippen LogP contribution in [-0.4, -0.2) is 79.1 Å². The lowest BCUT2D eigenvalue weighted by atomic mass is 10.0. The number of carbonyl (C=O) groups is 1. The normalized spacial score (nSPS) is 17.6. The van der Waals surface area contributed by atoms with Crippen molar-refractivity contribution in [2.24, 2.45) is 0 Å². The number of aromatic nitrogens is 5. The van der Waals surface area contributed by atoms with Crippen molar-refractivity contribution in [1.82, 2.24) is 39.6 Å². The van der Waals surface area contributed by atoms with E-state index in [9.17, 15) is 4.79 Å². The van der Waals surface area contributed by atoms with E-state index in [4.69, 9.17) is 9.97 Å². The number of aryl methyl sites for hydroxylation is 3. The molecule has 40 heavy (non-hydrogen) atoms. The van der Waals surface area contributed by atoms with E-state index < -0.39 is 0 Å². The summed E-state index contributed by atoms with van der Waals surface area (Å²) in [5.41, 5.74) is 7.03. The fourth-order valence-corrected chi connectivity index (χ4v) is 6.27. The minimum Gasteiger partial charge on any atom is -0.340 e. The molecule has 0 saturated carbocycles. The Labute approximate surface area is 235 Å². The van der Waals surface area contributed by atoms with Gasteiger partial charge in [-0.1, -0.05) is 13.0 Å². The Hall–Kier alpha value is -3.56. The maximum Gasteiger partial charge on any atom is 0.245 e. The summed E-state index contributed by atoms with van der Waals surface area (Å²) in [4.78, 5) is 35.2. The number of rotatable bonds is 8. The highest BCUT2D eigenvalue weighted by atomic mass is 16.1. The lowest BCUT2D eigenvalue weighted by molar-refractivity contribution is -0.117. The van der Waals surface area contributed by atoms with Gasteiger partial charge in [0.15, 0.2) is 5.65 Å². The predicted molar refractivity (Wildman–Crippen MR) is 159 cm³/mol. The number of hydrogen-bond donors (Lipinski definition) is 2. The first-order valence-electron chi connectivity index (χ1n) is 14.7. The number of nitrogens with one attached hydrogen (secondary N) is 2. The van der Waals surface area contributed by atoms with Crippen LogP contribution in [0.15, 0.2) is 30.3 Å². The topological polar surface area (TPSA) is 95.0 Å². The standard InChI is InChI=1S/C31H40N8O/c1-4-28-36-30-21(2)17-22(3)33-31(30)39(28)19-23-7-8-25-26(18-23)35-27(34-25)9-10-29(40)32-20-37-15-11-24(12-16-37)38-13-5-6-14-38/h7-10,17-18,24H,4-6,11-16,19-20H2,1-3H3,(H,32,40)(H,34,35)/b10-9+. The summed E-state index contributed by atoms with van der Waals surface area (Å²) in [6.45, 7) is 12.1. The lowest BCUT2D eigenvalue weighted by Crippen LogP contribution is -2.47. The van der Waals surface area contributed by atoms with Crippen LogP contribution in [0.3, 0.4) is 0 Å². The molecule has 0 aliphatic carbocycles. The Kier molecular flexibility index (Phi) is 7.67. The molecule has 2 fully saturated rings. The van der Waals surface area contributed by atoms with Gasteiger partial charge in [-0.15, -0.1) is 0 Å². The van der Waals surface area contributed by atoms with E-state index >= 15 is 0 Å². The number of H-pyrrole nitrogens is 1. The molecule has 4 aromatic rings. The quantitative estimate of drug-likeness (QED) is 0.326. The van der Waals surface area contributed by atoms with Gasteiger partial charge in [0.1, 0.15) is 17.2 Å². The number of piperidine rings is 1. The van der Waals surface area contributed by atoms with Crippen molar-refractivity contribution in [2.75, 3.05) is 32.8 Å². The summed E-state index contributed by atoms with van der Waals surface area (Å²) in [7, 11) is 0. The molecule has 0 bridgehead atoms. The van der Waals surface area contributed by atoms with Gasteiger partial charge >= 0.3 is 0 Å². The molecule has 2 aliphatic heterocycles. The van der Waals surface area contributed by atoms with Crippen molar-refractivity contribution in [2.45, 2.75) is 65.5 Å². The zero-order valence-corrected chi connectivity index (χ0v) is 23.9. The zero-order chi connectivity index (χ0) is 27.6. The zero-order valence-electron chi connectivity index (χ0n) is 23.9.